The average Bonchev–Trinajstić information content (AvgIpc) is 2.05. The molecule has 65 valence electrons. The second-order valence-electron chi connectivity index (χ2n) is 3.46. The van der Waals surface area contributed by atoms with E-state index in [1.807, 2.05) is 31.2 Å². The highest BCUT2D eigenvalue weighted by Gasteiger charge is 2.21. The molecular formula is C10H13O2. The molecule has 0 heterocycles. The molecule has 1 rings (SSSR count). The van der Waals surface area contributed by atoms with Gasteiger partial charge in [-0.2, -0.15) is 4.89 Å². The van der Waals surface area contributed by atoms with Gasteiger partial charge in [-0.1, -0.05) is 29.8 Å². The van der Waals surface area contributed by atoms with Gasteiger partial charge in [0.15, 0.2) is 0 Å². The van der Waals surface area contributed by atoms with Gasteiger partial charge < -0.3 is 0 Å². The summed E-state index contributed by atoms with van der Waals surface area (Å²) in [7, 11) is 0. The summed E-state index contributed by atoms with van der Waals surface area (Å²) in [5.74, 6) is 0. The van der Waals surface area contributed by atoms with Crippen LogP contribution in [0.2, 0.25) is 0 Å². The second-order valence-corrected chi connectivity index (χ2v) is 3.46. The number of hydrogen-bond donors (Lipinski definition) is 0. The van der Waals surface area contributed by atoms with Gasteiger partial charge in [-0.3, -0.25) is 0 Å². The Bertz CT molecular complexity index is 249. The van der Waals surface area contributed by atoms with Crippen LogP contribution in [0.15, 0.2) is 24.3 Å². The molecule has 12 heavy (non-hydrogen) atoms. The monoisotopic (exact) mass is 165 g/mol. The van der Waals surface area contributed by atoms with Gasteiger partial charge >= 0.3 is 0 Å². The highest BCUT2D eigenvalue weighted by Crippen LogP contribution is 2.23. The van der Waals surface area contributed by atoms with E-state index in [0.29, 0.717) is 0 Å². The summed E-state index contributed by atoms with van der Waals surface area (Å²) < 4.78 is 0. The van der Waals surface area contributed by atoms with E-state index in [0.717, 1.165) is 5.56 Å². The molecule has 0 saturated carbocycles. The molecule has 0 aliphatic rings. The molecule has 0 unspecified atom stereocenters. The van der Waals surface area contributed by atoms with Gasteiger partial charge in [0.2, 0.25) is 0 Å². The Labute approximate surface area is 72.7 Å². The molecule has 0 amide bonds. The van der Waals surface area contributed by atoms with Crippen molar-refractivity contribution in [1.82, 2.24) is 0 Å². The number of aryl methyl sites for hydroxylation is 1. The normalized spacial score (nSPS) is 11.7. The first-order valence-corrected chi connectivity index (χ1v) is 3.94. The second kappa shape index (κ2) is 3.25. The first-order chi connectivity index (χ1) is 5.56. The average molecular weight is 165 g/mol. The van der Waals surface area contributed by atoms with Crippen LogP contribution in [0.3, 0.4) is 0 Å². The number of rotatable bonds is 2. The summed E-state index contributed by atoms with van der Waals surface area (Å²) in [5, 5.41) is 10.3. The maximum Gasteiger partial charge on any atom is 0.126 e. The number of hydrogen-bond acceptors (Lipinski definition) is 1. The fourth-order valence-corrected chi connectivity index (χ4v) is 1.00. The fraction of sp³-hybridized carbons (Fsp3) is 0.400. The third kappa shape index (κ3) is 1.84. The van der Waals surface area contributed by atoms with Gasteiger partial charge in [-0.15, -0.1) is 0 Å². The lowest BCUT2D eigenvalue weighted by atomic mass is 9.98. The van der Waals surface area contributed by atoms with Gasteiger partial charge in [0.1, 0.15) is 5.60 Å². The van der Waals surface area contributed by atoms with E-state index >= 15 is 0 Å². The minimum absolute atomic E-state index is 0.728. The Hall–Kier alpha value is -0.860. The van der Waals surface area contributed by atoms with Crippen molar-refractivity contribution >= 4 is 0 Å². The largest absolute Gasteiger partial charge is 0.193 e. The summed E-state index contributed by atoms with van der Waals surface area (Å²) in [5.41, 5.74) is 1.36. The van der Waals surface area contributed by atoms with Crippen LogP contribution in [0, 0.1) is 6.92 Å². The van der Waals surface area contributed by atoms with Crippen molar-refractivity contribution in [3.05, 3.63) is 35.4 Å². The molecule has 0 bridgehead atoms. The minimum Gasteiger partial charge on any atom is -0.193 e. The molecule has 0 saturated heterocycles. The lowest BCUT2D eigenvalue weighted by Crippen LogP contribution is -2.18. The Kier molecular flexibility index (Phi) is 2.50. The van der Waals surface area contributed by atoms with Gasteiger partial charge in [0.05, 0.1) is 0 Å². The quantitative estimate of drug-likeness (QED) is 0.489. The predicted octanol–water partition coefficient (Wildman–Crippen LogP) is 2.59. The van der Waals surface area contributed by atoms with E-state index in [9.17, 15) is 5.26 Å². The van der Waals surface area contributed by atoms with Gasteiger partial charge in [0, 0.05) is 0 Å². The van der Waals surface area contributed by atoms with Crippen LogP contribution in [0.4, 0.5) is 0 Å². The Balaban J connectivity index is 2.96. The van der Waals surface area contributed by atoms with Crippen LogP contribution < -0.4 is 0 Å². The molecule has 0 spiro atoms. The highest BCUT2D eigenvalue weighted by atomic mass is 17.1. The molecule has 1 aromatic rings. The van der Waals surface area contributed by atoms with Crippen molar-refractivity contribution in [1.29, 1.82) is 0 Å². The van der Waals surface area contributed by atoms with Gasteiger partial charge in [-0.25, -0.2) is 0 Å². The van der Waals surface area contributed by atoms with Crippen LogP contribution in [-0.4, -0.2) is 0 Å². The molecular weight excluding hydrogens is 152 g/mol. The van der Waals surface area contributed by atoms with E-state index in [2.05, 4.69) is 4.89 Å². The molecule has 0 aromatic heterocycles. The van der Waals surface area contributed by atoms with E-state index in [1.165, 1.54) is 5.56 Å². The zero-order valence-corrected chi connectivity index (χ0v) is 7.63. The van der Waals surface area contributed by atoms with Crippen LogP contribution in [-0.2, 0) is 15.7 Å². The molecule has 0 fully saturated rings. The maximum absolute atomic E-state index is 10.3. The Morgan fingerprint density at radius 2 is 1.67 bits per heavy atom. The molecule has 0 atom stereocenters. The lowest BCUT2D eigenvalue weighted by Gasteiger charge is -2.19. The van der Waals surface area contributed by atoms with Crippen molar-refractivity contribution in [3.8, 4) is 0 Å². The minimum atomic E-state index is -0.728. The fourth-order valence-electron chi connectivity index (χ4n) is 1.00. The van der Waals surface area contributed by atoms with Crippen LogP contribution in [0.5, 0.6) is 0 Å². The molecule has 2 nitrogen and oxygen atoms in total. The molecule has 0 aliphatic carbocycles. The maximum atomic E-state index is 10.3. The van der Waals surface area contributed by atoms with Crippen molar-refractivity contribution < 1.29 is 10.1 Å². The molecule has 1 radical (unpaired) electrons. The summed E-state index contributed by atoms with van der Waals surface area (Å²) in [6.07, 6.45) is 0. The molecule has 0 aliphatic heterocycles. The molecule has 1 aromatic carbocycles. The summed E-state index contributed by atoms with van der Waals surface area (Å²) in [6, 6.07) is 7.76. The van der Waals surface area contributed by atoms with Crippen LogP contribution >= 0.6 is 0 Å². The van der Waals surface area contributed by atoms with Gasteiger partial charge in [0.25, 0.3) is 0 Å². The smallest absolute Gasteiger partial charge is 0.126 e. The predicted molar refractivity (Wildman–Crippen MR) is 46.0 cm³/mol. The van der Waals surface area contributed by atoms with E-state index in [-0.39, 0.29) is 0 Å². The lowest BCUT2D eigenvalue weighted by molar-refractivity contribution is -0.370. The van der Waals surface area contributed by atoms with E-state index < -0.39 is 5.60 Å². The Morgan fingerprint density at radius 3 is 2.08 bits per heavy atom. The highest BCUT2D eigenvalue weighted by molar-refractivity contribution is 5.25. The van der Waals surface area contributed by atoms with Crippen LogP contribution in [0.25, 0.3) is 0 Å². The summed E-state index contributed by atoms with van der Waals surface area (Å²) in [4.78, 5) is 4.11. The zero-order valence-electron chi connectivity index (χ0n) is 7.63. The topological polar surface area (TPSA) is 29.1 Å². The standard InChI is InChI=1S/C10H13O2/c1-8-4-6-9(7-5-8)10(2,3)12-11/h4-7H,1-3H3. The third-order valence-electron chi connectivity index (χ3n) is 1.96. The molecule has 2 heteroatoms. The van der Waals surface area contributed by atoms with Gasteiger partial charge in [-0.05, 0) is 31.6 Å². The van der Waals surface area contributed by atoms with Crippen molar-refractivity contribution in [2.24, 2.45) is 0 Å². The van der Waals surface area contributed by atoms with Crippen LogP contribution in [0.1, 0.15) is 25.0 Å². The number of benzene rings is 1. The zero-order chi connectivity index (χ0) is 9.19. The van der Waals surface area contributed by atoms with E-state index in [1.54, 1.807) is 13.8 Å². The summed E-state index contributed by atoms with van der Waals surface area (Å²) in [6.45, 7) is 5.52. The first-order valence-electron chi connectivity index (χ1n) is 3.94. The molecule has 0 N–H and O–H groups in total. The van der Waals surface area contributed by atoms with Crippen molar-refractivity contribution in [2.75, 3.05) is 0 Å². The third-order valence-corrected chi connectivity index (χ3v) is 1.96. The SMILES string of the molecule is Cc1ccc(C(C)(C)O[O])cc1. The van der Waals surface area contributed by atoms with E-state index in [4.69, 9.17) is 0 Å². The van der Waals surface area contributed by atoms with Crippen molar-refractivity contribution in [2.45, 2.75) is 26.4 Å². The first kappa shape index (κ1) is 9.23. The summed E-state index contributed by atoms with van der Waals surface area (Å²) >= 11 is 0. The van der Waals surface area contributed by atoms with Crippen molar-refractivity contribution in [3.63, 3.8) is 0 Å². The Morgan fingerprint density at radius 1 is 1.17 bits per heavy atom.